The molecule has 0 unspecified atom stereocenters. The second kappa shape index (κ2) is 9.99. The summed E-state index contributed by atoms with van der Waals surface area (Å²) in [5.41, 5.74) is 2.54. The van der Waals surface area contributed by atoms with E-state index in [0.29, 0.717) is 12.3 Å². The van der Waals surface area contributed by atoms with Crippen LogP contribution in [0.5, 0.6) is 5.75 Å². The molecule has 31 heavy (non-hydrogen) atoms. The molecule has 2 aliphatic rings. The number of rotatable bonds is 7. The Morgan fingerprint density at radius 2 is 1.87 bits per heavy atom. The van der Waals surface area contributed by atoms with Crippen LogP contribution in [0.25, 0.3) is 0 Å². The zero-order valence-electron chi connectivity index (χ0n) is 18.3. The highest BCUT2D eigenvalue weighted by Gasteiger charge is 2.28. The lowest BCUT2D eigenvalue weighted by Crippen LogP contribution is -2.38. The Labute approximate surface area is 184 Å². The average molecular weight is 421 g/mol. The number of carbonyl (C=O) groups excluding carboxylic acids is 2. The van der Waals surface area contributed by atoms with Crippen molar-refractivity contribution >= 4 is 23.2 Å². The molecule has 0 bridgehead atoms. The summed E-state index contributed by atoms with van der Waals surface area (Å²) in [6, 6.07) is 15.5. The smallest absolute Gasteiger partial charge is 0.265 e. The second-order valence-corrected chi connectivity index (χ2v) is 8.79. The van der Waals surface area contributed by atoms with E-state index in [4.69, 9.17) is 4.74 Å². The number of carbonyl (C=O) groups is 2. The fourth-order valence-electron chi connectivity index (χ4n) is 4.67. The lowest BCUT2D eigenvalue weighted by molar-refractivity contribution is -0.122. The van der Waals surface area contributed by atoms with Gasteiger partial charge in [-0.25, -0.2) is 0 Å². The third-order valence-electron chi connectivity index (χ3n) is 6.54. The van der Waals surface area contributed by atoms with Gasteiger partial charge in [-0.3, -0.25) is 9.59 Å². The molecule has 2 aromatic rings. The molecule has 0 saturated heterocycles. The van der Waals surface area contributed by atoms with E-state index in [1.165, 1.54) is 19.3 Å². The molecule has 5 nitrogen and oxygen atoms in total. The monoisotopic (exact) mass is 420 g/mol. The summed E-state index contributed by atoms with van der Waals surface area (Å²) >= 11 is 0. The van der Waals surface area contributed by atoms with E-state index in [1.807, 2.05) is 48.5 Å². The van der Waals surface area contributed by atoms with Crippen LogP contribution >= 0.6 is 0 Å². The fraction of sp³-hybridized carbons (Fsp3) is 0.462. The lowest BCUT2D eigenvalue weighted by atomic mass is 9.79. The van der Waals surface area contributed by atoms with Crippen LogP contribution in [-0.2, 0) is 16.1 Å². The molecule has 1 N–H and O–H groups in total. The Balaban J connectivity index is 1.39. The van der Waals surface area contributed by atoms with E-state index in [2.05, 4.69) is 12.2 Å². The van der Waals surface area contributed by atoms with Gasteiger partial charge in [0.2, 0.25) is 5.91 Å². The first-order chi connectivity index (χ1) is 15.1. The van der Waals surface area contributed by atoms with Crippen LogP contribution in [0.3, 0.4) is 0 Å². The topological polar surface area (TPSA) is 58.6 Å². The van der Waals surface area contributed by atoms with Gasteiger partial charge in [0, 0.05) is 17.7 Å². The molecule has 164 valence electrons. The van der Waals surface area contributed by atoms with Crippen LogP contribution in [0.4, 0.5) is 11.4 Å². The van der Waals surface area contributed by atoms with Crippen LogP contribution < -0.4 is 15.0 Å². The standard InChI is InChI=1S/C26H32N2O3/c1-2-3-7-19-10-12-21(13-11-19)26(30)27-22-14-15-23-24(16-22)31-18-25(29)28(23)17-20-8-5-4-6-9-20/h4-6,8-9,14-16,19,21H,2-3,7,10-13,17-18H2,1H3,(H,27,30). The van der Waals surface area contributed by atoms with Crippen molar-refractivity contribution < 1.29 is 14.3 Å². The summed E-state index contributed by atoms with van der Waals surface area (Å²) in [6.07, 6.45) is 8.09. The molecule has 1 fully saturated rings. The van der Waals surface area contributed by atoms with E-state index in [9.17, 15) is 9.59 Å². The van der Waals surface area contributed by atoms with E-state index < -0.39 is 0 Å². The van der Waals surface area contributed by atoms with Gasteiger partial charge in [-0.1, -0.05) is 56.5 Å². The molecule has 1 aliphatic heterocycles. The number of ether oxygens (including phenoxy) is 1. The van der Waals surface area contributed by atoms with Crippen molar-refractivity contribution in [2.75, 3.05) is 16.8 Å². The number of hydrogen-bond acceptors (Lipinski definition) is 3. The highest BCUT2D eigenvalue weighted by atomic mass is 16.5. The number of benzene rings is 2. The maximum absolute atomic E-state index is 12.8. The quantitative estimate of drug-likeness (QED) is 0.639. The summed E-state index contributed by atoms with van der Waals surface area (Å²) in [5.74, 6) is 1.55. The number of hydrogen-bond donors (Lipinski definition) is 1. The van der Waals surface area contributed by atoms with Gasteiger partial charge in [0.05, 0.1) is 12.2 Å². The number of nitrogens with one attached hydrogen (secondary N) is 1. The molecular formula is C26H32N2O3. The zero-order valence-corrected chi connectivity index (χ0v) is 18.3. The van der Waals surface area contributed by atoms with Crippen molar-refractivity contribution in [1.29, 1.82) is 0 Å². The molecule has 0 spiro atoms. The molecule has 1 aliphatic carbocycles. The molecule has 1 heterocycles. The highest BCUT2D eigenvalue weighted by molar-refractivity contribution is 5.99. The van der Waals surface area contributed by atoms with Crippen LogP contribution in [0, 0.1) is 11.8 Å². The van der Waals surface area contributed by atoms with Crippen molar-refractivity contribution in [2.24, 2.45) is 11.8 Å². The van der Waals surface area contributed by atoms with Crippen molar-refractivity contribution in [2.45, 2.75) is 58.4 Å². The predicted octanol–water partition coefficient (Wildman–Crippen LogP) is 5.55. The summed E-state index contributed by atoms with van der Waals surface area (Å²) < 4.78 is 5.68. The van der Waals surface area contributed by atoms with E-state index >= 15 is 0 Å². The molecule has 2 amide bonds. The van der Waals surface area contributed by atoms with E-state index in [1.54, 1.807) is 4.90 Å². The molecular weight excluding hydrogens is 388 g/mol. The summed E-state index contributed by atoms with van der Waals surface area (Å²) in [7, 11) is 0. The van der Waals surface area contributed by atoms with Gasteiger partial charge in [0.25, 0.3) is 5.91 Å². The Bertz CT molecular complexity index is 904. The van der Waals surface area contributed by atoms with Crippen LogP contribution in [-0.4, -0.2) is 18.4 Å². The minimum absolute atomic E-state index is 0.0129. The summed E-state index contributed by atoms with van der Waals surface area (Å²) in [6.45, 7) is 2.75. The predicted molar refractivity (Wildman–Crippen MR) is 123 cm³/mol. The number of anilines is 2. The number of nitrogens with zero attached hydrogens (tertiary/aromatic N) is 1. The van der Waals surface area contributed by atoms with Crippen LogP contribution in [0.2, 0.25) is 0 Å². The van der Waals surface area contributed by atoms with Gasteiger partial charge in [0.1, 0.15) is 5.75 Å². The Kier molecular flexibility index (Phi) is 6.90. The third kappa shape index (κ3) is 5.27. The minimum Gasteiger partial charge on any atom is -0.481 e. The van der Waals surface area contributed by atoms with E-state index in [-0.39, 0.29) is 24.3 Å². The lowest BCUT2D eigenvalue weighted by Gasteiger charge is -2.30. The van der Waals surface area contributed by atoms with Gasteiger partial charge >= 0.3 is 0 Å². The minimum atomic E-state index is -0.0621. The molecule has 1 saturated carbocycles. The average Bonchev–Trinajstić information content (AvgIpc) is 2.80. The zero-order chi connectivity index (χ0) is 21.6. The van der Waals surface area contributed by atoms with Gasteiger partial charge in [-0.15, -0.1) is 0 Å². The highest BCUT2D eigenvalue weighted by Crippen LogP contribution is 2.36. The van der Waals surface area contributed by atoms with Crippen molar-refractivity contribution in [1.82, 2.24) is 0 Å². The Morgan fingerprint density at radius 3 is 2.61 bits per heavy atom. The first-order valence-corrected chi connectivity index (χ1v) is 11.6. The van der Waals surface area contributed by atoms with Crippen molar-refractivity contribution in [3.63, 3.8) is 0 Å². The van der Waals surface area contributed by atoms with Crippen molar-refractivity contribution in [3.8, 4) is 5.75 Å². The fourth-order valence-corrected chi connectivity index (χ4v) is 4.67. The summed E-state index contributed by atoms with van der Waals surface area (Å²) in [5, 5.41) is 3.07. The Morgan fingerprint density at radius 1 is 1.10 bits per heavy atom. The van der Waals surface area contributed by atoms with Crippen molar-refractivity contribution in [3.05, 3.63) is 54.1 Å². The van der Waals surface area contributed by atoms with Gasteiger partial charge in [-0.2, -0.15) is 0 Å². The molecule has 5 heteroatoms. The van der Waals surface area contributed by atoms with Gasteiger partial charge in [-0.05, 0) is 49.3 Å². The van der Waals surface area contributed by atoms with E-state index in [0.717, 1.165) is 48.5 Å². The molecule has 4 rings (SSSR count). The Hall–Kier alpha value is -2.82. The molecule has 2 aromatic carbocycles. The number of amides is 2. The molecule has 0 aromatic heterocycles. The molecule has 0 atom stereocenters. The first kappa shape index (κ1) is 21.4. The maximum Gasteiger partial charge on any atom is 0.265 e. The number of unbranched alkanes of at least 4 members (excludes halogenated alkanes) is 1. The van der Waals surface area contributed by atoms with Gasteiger partial charge in [0.15, 0.2) is 6.61 Å². The summed E-state index contributed by atoms with van der Waals surface area (Å²) in [4.78, 5) is 27.0. The second-order valence-electron chi connectivity index (χ2n) is 8.79. The normalized spacial score (nSPS) is 20.7. The largest absolute Gasteiger partial charge is 0.481 e. The SMILES string of the molecule is CCCCC1CCC(C(=O)Nc2ccc3c(c2)OCC(=O)N3Cc2ccccc2)CC1. The number of fused-ring (bicyclic) bond motifs is 1. The molecule has 0 radical (unpaired) electrons. The van der Waals surface area contributed by atoms with Crippen LogP contribution in [0.15, 0.2) is 48.5 Å². The first-order valence-electron chi connectivity index (χ1n) is 11.6. The maximum atomic E-state index is 12.8. The van der Waals surface area contributed by atoms with Crippen LogP contribution in [0.1, 0.15) is 57.4 Å². The third-order valence-corrected chi connectivity index (χ3v) is 6.54. The van der Waals surface area contributed by atoms with Gasteiger partial charge < -0.3 is 15.0 Å².